The van der Waals surface area contributed by atoms with Gasteiger partial charge in [0, 0.05) is 0 Å². The summed E-state index contributed by atoms with van der Waals surface area (Å²) in [6.07, 6.45) is 2.44. The average Bonchev–Trinajstić information content (AvgIpc) is 2.82. The van der Waals surface area contributed by atoms with Crippen LogP contribution in [0.15, 0.2) is 84.9 Å². The Hall–Kier alpha value is -3.97. The van der Waals surface area contributed by atoms with E-state index in [-0.39, 0.29) is 11.7 Å². The third kappa shape index (κ3) is 6.75. The second-order valence-corrected chi connectivity index (χ2v) is 7.40. The highest BCUT2D eigenvalue weighted by Crippen LogP contribution is 2.32. The number of aliphatic hydroxyl groups is 1. The number of nitrogens with two attached hydrogens (primary N) is 1. The molecule has 0 aliphatic carbocycles. The number of hydrogen-bond donors (Lipinski definition) is 4. The number of amides is 1. The van der Waals surface area contributed by atoms with Crippen molar-refractivity contribution in [2.24, 2.45) is 0 Å². The Balaban J connectivity index is 1.66. The van der Waals surface area contributed by atoms with Crippen LogP contribution < -0.4 is 20.5 Å². The van der Waals surface area contributed by atoms with E-state index in [0.717, 1.165) is 0 Å². The Morgan fingerprint density at radius 2 is 1.82 bits per heavy atom. The van der Waals surface area contributed by atoms with Crippen LogP contribution in [0.2, 0.25) is 0 Å². The van der Waals surface area contributed by atoms with Crippen LogP contribution in [-0.4, -0.2) is 29.3 Å². The number of phenols is 1. The Kier molecular flexibility index (Phi) is 8.32. The molecule has 0 saturated heterocycles. The molecule has 3 rings (SSSR count). The molecular weight excluding hydrogens is 420 g/mol. The molecule has 3 aromatic carbocycles. The van der Waals surface area contributed by atoms with Gasteiger partial charge in [0.05, 0.1) is 18.5 Å². The minimum atomic E-state index is -1.01. The Labute approximate surface area is 193 Å². The van der Waals surface area contributed by atoms with Crippen molar-refractivity contribution < 1.29 is 24.5 Å². The van der Waals surface area contributed by atoms with Crippen molar-refractivity contribution in [1.29, 1.82) is 0 Å². The number of anilines is 2. The number of nitrogen functional groups attached to an aromatic ring is 1. The normalized spacial score (nSPS) is 12.8. The first kappa shape index (κ1) is 23.7. The van der Waals surface area contributed by atoms with Gasteiger partial charge in [0.1, 0.15) is 18.0 Å². The summed E-state index contributed by atoms with van der Waals surface area (Å²) in [7, 11) is 1.46. The lowest BCUT2D eigenvalue weighted by molar-refractivity contribution is -0.111. The summed E-state index contributed by atoms with van der Waals surface area (Å²) in [6, 6.07) is 20.9. The van der Waals surface area contributed by atoms with Crippen molar-refractivity contribution in [2.45, 2.75) is 25.0 Å². The van der Waals surface area contributed by atoms with Crippen molar-refractivity contribution in [3.05, 3.63) is 90.5 Å². The Morgan fingerprint density at radius 3 is 2.52 bits per heavy atom. The van der Waals surface area contributed by atoms with E-state index >= 15 is 0 Å². The number of ether oxygens (including phenoxy) is 2. The molecule has 0 spiro atoms. The molecule has 0 aliphatic heterocycles. The van der Waals surface area contributed by atoms with Gasteiger partial charge in [0.2, 0.25) is 5.91 Å². The first-order valence-corrected chi connectivity index (χ1v) is 10.6. The molecule has 7 nitrogen and oxygen atoms in total. The third-order valence-electron chi connectivity index (χ3n) is 5.03. The van der Waals surface area contributed by atoms with Crippen LogP contribution in [0.4, 0.5) is 11.4 Å². The molecule has 0 fully saturated rings. The van der Waals surface area contributed by atoms with Crippen LogP contribution in [0.1, 0.15) is 24.5 Å². The van der Waals surface area contributed by atoms with Crippen molar-refractivity contribution >= 4 is 17.3 Å². The summed E-state index contributed by atoms with van der Waals surface area (Å²) in [4.78, 5) is 12.2. The number of aromatic hydroxyl groups is 1. The van der Waals surface area contributed by atoms with Crippen LogP contribution in [0.5, 0.6) is 17.2 Å². The number of allylic oxidation sites excluding steroid dienone is 1. The maximum absolute atomic E-state index is 12.2. The highest BCUT2D eigenvalue weighted by molar-refractivity contribution is 6.01. The topological polar surface area (TPSA) is 114 Å². The van der Waals surface area contributed by atoms with E-state index in [1.54, 1.807) is 54.6 Å². The number of rotatable bonds is 10. The molecular formula is C26H28N2O5. The second-order valence-electron chi connectivity index (χ2n) is 7.40. The predicted octanol–water partition coefficient (Wildman–Crippen LogP) is 4.44. The molecule has 33 heavy (non-hydrogen) atoms. The number of carbonyl (C=O) groups is 1. The predicted molar refractivity (Wildman–Crippen MR) is 128 cm³/mol. The van der Waals surface area contributed by atoms with Gasteiger partial charge in [-0.2, -0.15) is 0 Å². The maximum atomic E-state index is 12.2. The number of methoxy groups -OCH3 is 1. The molecule has 0 heterocycles. The largest absolute Gasteiger partial charge is 0.504 e. The average molecular weight is 449 g/mol. The third-order valence-corrected chi connectivity index (χ3v) is 5.03. The van der Waals surface area contributed by atoms with Crippen molar-refractivity contribution in [2.75, 3.05) is 18.2 Å². The van der Waals surface area contributed by atoms with Crippen LogP contribution in [0.25, 0.3) is 0 Å². The smallest absolute Gasteiger partial charge is 0.248 e. The van der Waals surface area contributed by atoms with Gasteiger partial charge in [-0.3, -0.25) is 4.79 Å². The molecule has 7 heteroatoms. The number of hydrogen-bond acceptors (Lipinski definition) is 6. The van der Waals surface area contributed by atoms with Crippen LogP contribution in [0.3, 0.4) is 0 Å². The summed E-state index contributed by atoms with van der Waals surface area (Å²) in [5.74, 6) is 0.568. The van der Waals surface area contributed by atoms with Gasteiger partial charge in [-0.25, -0.2) is 0 Å². The second kappa shape index (κ2) is 11.6. The lowest BCUT2D eigenvalue weighted by Gasteiger charge is -2.24. The SMILES string of the molecule is COc1ccc([C@H](O)[C@H](CC/C=C/C(=O)Nc2ccccc2N)Oc2ccccc2)cc1O. The summed E-state index contributed by atoms with van der Waals surface area (Å²) in [5, 5.41) is 23.8. The number of para-hydroxylation sites is 3. The Morgan fingerprint density at radius 1 is 1.09 bits per heavy atom. The van der Waals surface area contributed by atoms with Crippen molar-refractivity contribution in [3.63, 3.8) is 0 Å². The van der Waals surface area contributed by atoms with E-state index in [2.05, 4.69) is 5.32 Å². The van der Waals surface area contributed by atoms with Gasteiger partial charge in [0.15, 0.2) is 11.5 Å². The first-order valence-electron chi connectivity index (χ1n) is 10.6. The molecule has 0 radical (unpaired) electrons. The summed E-state index contributed by atoms with van der Waals surface area (Å²) >= 11 is 0. The first-order chi connectivity index (χ1) is 16.0. The summed E-state index contributed by atoms with van der Waals surface area (Å²) in [5.41, 5.74) is 7.38. The van der Waals surface area contributed by atoms with Crippen molar-refractivity contribution in [3.8, 4) is 17.2 Å². The zero-order valence-corrected chi connectivity index (χ0v) is 18.3. The van der Waals surface area contributed by atoms with Crippen molar-refractivity contribution in [1.82, 2.24) is 0 Å². The summed E-state index contributed by atoms with van der Waals surface area (Å²) < 4.78 is 11.1. The van der Waals surface area contributed by atoms with Crippen LogP contribution >= 0.6 is 0 Å². The monoisotopic (exact) mass is 448 g/mol. The van der Waals surface area contributed by atoms with E-state index < -0.39 is 12.2 Å². The molecule has 0 unspecified atom stereocenters. The molecule has 5 N–H and O–H groups in total. The number of carbonyl (C=O) groups excluding carboxylic acids is 1. The van der Waals surface area contributed by atoms with Gasteiger partial charge in [-0.15, -0.1) is 0 Å². The molecule has 0 aromatic heterocycles. The molecule has 0 saturated carbocycles. The highest BCUT2D eigenvalue weighted by Gasteiger charge is 2.23. The zero-order valence-electron chi connectivity index (χ0n) is 18.3. The molecule has 0 bridgehead atoms. The molecule has 0 aliphatic rings. The fourth-order valence-electron chi connectivity index (χ4n) is 3.30. The van der Waals surface area contributed by atoms with Crippen LogP contribution in [0, 0.1) is 0 Å². The maximum Gasteiger partial charge on any atom is 0.248 e. The molecule has 3 aromatic rings. The fraction of sp³-hybridized carbons (Fsp3) is 0.192. The molecule has 172 valence electrons. The lowest BCUT2D eigenvalue weighted by atomic mass is 10.00. The minimum absolute atomic E-state index is 0.0655. The van der Waals surface area contributed by atoms with Gasteiger partial charge in [-0.1, -0.05) is 42.5 Å². The number of aliphatic hydroxyl groups excluding tert-OH is 1. The minimum Gasteiger partial charge on any atom is -0.504 e. The van der Waals surface area contributed by atoms with E-state index in [1.807, 2.05) is 18.2 Å². The number of benzene rings is 3. The highest BCUT2D eigenvalue weighted by atomic mass is 16.5. The number of phenolic OH excluding ortho intramolecular Hbond substituents is 1. The van der Waals surface area contributed by atoms with Gasteiger partial charge in [0.25, 0.3) is 0 Å². The fourth-order valence-corrected chi connectivity index (χ4v) is 3.30. The lowest BCUT2D eigenvalue weighted by Crippen LogP contribution is -2.25. The van der Waals surface area contributed by atoms with E-state index in [4.69, 9.17) is 15.2 Å². The molecule has 2 atom stereocenters. The van der Waals surface area contributed by atoms with E-state index in [0.29, 0.717) is 41.3 Å². The van der Waals surface area contributed by atoms with Gasteiger partial charge in [-0.05, 0) is 60.9 Å². The molecule has 1 amide bonds. The van der Waals surface area contributed by atoms with Gasteiger partial charge >= 0.3 is 0 Å². The van der Waals surface area contributed by atoms with Crippen LogP contribution in [-0.2, 0) is 4.79 Å². The number of nitrogens with one attached hydrogen (secondary N) is 1. The Bertz CT molecular complexity index is 1090. The standard InChI is InChI=1S/C26H28N2O5/c1-32-23-16-15-18(17-22(23)29)26(31)24(33-19-9-3-2-4-10-19)13-7-8-14-25(30)28-21-12-6-5-11-20(21)27/h2-6,8-12,14-17,24,26,29,31H,7,13,27H2,1H3,(H,28,30)/b14-8+/t24-,26-/m0/s1. The van der Waals surface area contributed by atoms with E-state index in [9.17, 15) is 15.0 Å². The quantitative estimate of drug-likeness (QED) is 0.269. The van der Waals surface area contributed by atoms with Gasteiger partial charge < -0.3 is 30.7 Å². The summed E-state index contributed by atoms with van der Waals surface area (Å²) in [6.45, 7) is 0. The zero-order chi connectivity index (χ0) is 23.6. The van der Waals surface area contributed by atoms with E-state index in [1.165, 1.54) is 19.3 Å².